The van der Waals surface area contributed by atoms with E-state index in [1.807, 2.05) is 39.0 Å². The highest BCUT2D eigenvalue weighted by molar-refractivity contribution is 6.00. The van der Waals surface area contributed by atoms with Gasteiger partial charge in [-0.2, -0.15) is 0 Å². The molecule has 1 aromatic rings. The Bertz CT molecular complexity index is 708. The van der Waals surface area contributed by atoms with Crippen LogP contribution in [0.1, 0.15) is 142 Å². The van der Waals surface area contributed by atoms with Gasteiger partial charge < -0.3 is 9.47 Å². The third kappa shape index (κ3) is 11.9. The van der Waals surface area contributed by atoms with Crippen LogP contribution in [0.2, 0.25) is 0 Å². The van der Waals surface area contributed by atoms with E-state index in [4.69, 9.17) is 9.47 Å². The number of ether oxygens (including phenoxy) is 2. The van der Waals surface area contributed by atoms with Gasteiger partial charge in [0.1, 0.15) is 5.75 Å². The average Bonchev–Trinajstić information content (AvgIpc) is 2.89. The molecule has 4 heteroatoms. The highest BCUT2D eigenvalue weighted by Crippen LogP contribution is 2.32. The summed E-state index contributed by atoms with van der Waals surface area (Å²) in [4.78, 5) is 26.0. The fourth-order valence-electron chi connectivity index (χ4n) is 4.78. The molecule has 0 saturated carbocycles. The van der Waals surface area contributed by atoms with E-state index in [2.05, 4.69) is 6.92 Å². The minimum absolute atomic E-state index is 0.369. The lowest BCUT2D eigenvalue weighted by Crippen LogP contribution is -2.42. The molecule has 0 aliphatic rings. The average molecular weight is 503 g/mol. The normalized spacial score (nSPS) is 11.4. The number of rotatable bonds is 22. The largest absolute Gasteiger partial charge is 0.465 e. The molecule has 0 radical (unpaired) electrons. The maximum absolute atomic E-state index is 13.1. The number of benzene rings is 1. The number of carbonyl (C=O) groups is 2. The predicted molar refractivity (Wildman–Crippen MR) is 150 cm³/mol. The van der Waals surface area contributed by atoms with Gasteiger partial charge in [-0.15, -0.1) is 0 Å². The van der Waals surface area contributed by atoms with E-state index < -0.39 is 17.4 Å². The molecule has 0 aromatic heterocycles. The molecular formula is C32H54O4. The zero-order valence-electron chi connectivity index (χ0n) is 23.9. The van der Waals surface area contributed by atoms with Crippen molar-refractivity contribution in [2.24, 2.45) is 5.41 Å². The van der Waals surface area contributed by atoms with Gasteiger partial charge in [0, 0.05) is 0 Å². The van der Waals surface area contributed by atoms with Crippen LogP contribution < -0.4 is 4.74 Å². The van der Waals surface area contributed by atoms with Gasteiger partial charge in [-0.05, 0) is 37.3 Å². The molecule has 206 valence electrons. The van der Waals surface area contributed by atoms with Crippen molar-refractivity contribution in [3.8, 4) is 5.75 Å². The van der Waals surface area contributed by atoms with Crippen molar-refractivity contribution in [3.63, 3.8) is 0 Å². The van der Waals surface area contributed by atoms with Crippen molar-refractivity contribution in [2.75, 3.05) is 6.61 Å². The molecule has 0 saturated heterocycles. The third-order valence-corrected chi connectivity index (χ3v) is 7.53. The molecule has 1 aromatic carbocycles. The van der Waals surface area contributed by atoms with Crippen LogP contribution in [-0.4, -0.2) is 18.5 Å². The molecule has 0 atom stereocenters. The summed E-state index contributed by atoms with van der Waals surface area (Å²) < 4.78 is 11.3. The Morgan fingerprint density at radius 2 is 1.11 bits per heavy atom. The molecule has 4 nitrogen and oxygen atoms in total. The molecule has 1 rings (SSSR count). The number of hydrogen-bond acceptors (Lipinski definition) is 4. The number of aryl methyl sites for hydroxylation is 1. The van der Waals surface area contributed by atoms with Crippen molar-refractivity contribution in [2.45, 2.75) is 143 Å². The van der Waals surface area contributed by atoms with Crippen molar-refractivity contribution < 1.29 is 19.1 Å². The molecule has 0 unspecified atom stereocenters. The number of unbranched alkanes of at least 4 members (excludes halogenated alkanes) is 14. The summed E-state index contributed by atoms with van der Waals surface area (Å²) >= 11 is 0. The quantitative estimate of drug-likeness (QED) is 0.0686. The van der Waals surface area contributed by atoms with Gasteiger partial charge in [-0.1, -0.05) is 136 Å². The molecule has 0 bridgehead atoms. The topological polar surface area (TPSA) is 52.6 Å². The summed E-state index contributed by atoms with van der Waals surface area (Å²) in [5.41, 5.74) is -0.283. The highest BCUT2D eigenvalue weighted by atomic mass is 16.6. The van der Waals surface area contributed by atoms with Gasteiger partial charge in [0.05, 0.1) is 6.61 Å². The first-order valence-corrected chi connectivity index (χ1v) is 15.0. The van der Waals surface area contributed by atoms with E-state index in [-0.39, 0.29) is 0 Å². The number of carbonyl (C=O) groups excluding carboxylic acids is 2. The van der Waals surface area contributed by atoms with E-state index in [0.29, 0.717) is 25.2 Å². The molecule has 0 fully saturated rings. The Morgan fingerprint density at radius 3 is 1.58 bits per heavy atom. The predicted octanol–water partition coefficient (Wildman–Crippen LogP) is 9.38. The van der Waals surface area contributed by atoms with E-state index in [0.717, 1.165) is 24.8 Å². The van der Waals surface area contributed by atoms with Crippen molar-refractivity contribution in [3.05, 3.63) is 29.8 Å². The molecule has 36 heavy (non-hydrogen) atoms. The Hall–Kier alpha value is -1.84. The van der Waals surface area contributed by atoms with Crippen LogP contribution >= 0.6 is 0 Å². The number of hydrogen-bond donors (Lipinski definition) is 0. The lowest BCUT2D eigenvalue weighted by atomic mass is 9.82. The zero-order valence-corrected chi connectivity index (χ0v) is 23.9. The van der Waals surface area contributed by atoms with Crippen LogP contribution in [0.25, 0.3) is 0 Å². The van der Waals surface area contributed by atoms with Gasteiger partial charge in [0.2, 0.25) is 0 Å². The first kappa shape index (κ1) is 32.2. The first-order chi connectivity index (χ1) is 17.6. The summed E-state index contributed by atoms with van der Waals surface area (Å²) in [7, 11) is 0. The van der Waals surface area contributed by atoms with Gasteiger partial charge in [0.25, 0.3) is 0 Å². The van der Waals surface area contributed by atoms with E-state index in [1.54, 1.807) is 6.07 Å². The fourth-order valence-corrected chi connectivity index (χ4v) is 4.78. The molecule has 0 spiro atoms. The molecule has 0 heterocycles. The second kappa shape index (κ2) is 20.2. The van der Waals surface area contributed by atoms with Crippen LogP contribution in [0.3, 0.4) is 0 Å². The maximum atomic E-state index is 13.1. The Kier molecular flexibility index (Phi) is 18.1. The Morgan fingerprint density at radius 1 is 0.639 bits per heavy atom. The van der Waals surface area contributed by atoms with Crippen molar-refractivity contribution in [1.29, 1.82) is 0 Å². The number of esters is 2. The summed E-state index contributed by atoms with van der Waals surface area (Å²) in [6.07, 6.45) is 21.0. The van der Waals surface area contributed by atoms with Gasteiger partial charge >= 0.3 is 11.9 Å². The van der Waals surface area contributed by atoms with Gasteiger partial charge in [0.15, 0.2) is 5.41 Å². The molecule has 0 amide bonds. The molecular weight excluding hydrogens is 448 g/mol. The molecule has 0 N–H and O–H groups in total. The Balaban J connectivity index is 2.20. The molecule has 0 aliphatic carbocycles. The minimum Gasteiger partial charge on any atom is -0.465 e. The summed E-state index contributed by atoms with van der Waals surface area (Å²) in [6, 6.07) is 7.50. The highest BCUT2D eigenvalue weighted by Gasteiger charge is 2.46. The van der Waals surface area contributed by atoms with Crippen LogP contribution in [0.5, 0.6) is 5.75 Å². The van der Waals surface area contributed by atoms with Crippen molar-refractivity contribution >= 4 is 11.9 Å². The smallest absolute Gasteiger partial charge is 0.328 e. The SMILES string of the molecule is CCCCCCCCCCCCCCCCCOC(=O)C(CC)(CC)C(=O)Oc1ccccc1CC. The minimum atomic E-state index is -1.24. The van der Waals surface area contributed by atoms with Gasteiger partial charge in [-0.25, -0.2) is 0 Å². The standard InChI is InChI=1S/C32H54O4/c1-5-9-10-11-12-13-14-15-16-17-18-19-20-21-24-27-35-30(33)32(7-3,8-4)31(34)36-29-26-23-22-25-28(29)6-2/h22-23,25-26H,5-21,24,27H2,1-4H3. The third-order valence-electron chi connectivity index (χ3n) is 7.53. The lowest BCUT2D eigenvalue weighted by molar-refractivity contribution is -0.168. The lowest BCUT2D eigenvalue weighted by Gasteiger charge is -2.27. The second-order valence-electron chi connectivity index (χ2n) is 10.2. The van der Waals surface area contributed by atoms with Crippen molar-refractivity contribution in [1.82, 2.24) is 0 Å². The zero-order chi connectivity index (χ0) is 26.5. The van der Waals surface area contributed by atoms with Crippen LogP contribution in [0, 0.1) is 5.41 Å². The monoisotopic (exact) mass is 502 g/mol. The summed E-state index contributed by atoms with van der Waals surface area (Å²) in [6.45, 7) is 8.37. The van der Waals surface area contributed by atoms with E-state index in [1.165, 1.54) is 83.5 Å². The summed E-state index contributed by atoms with van der Waals surface area (Å²) in [5, 5.41) is 0. The Labute approximate surface area is 221 Å². The number of para-hydroxylation sites is 1. The molecule has 0 aliphatic heterocycles. The van der Waals surface area contributed by atoms with Gasteiger partial charge in [-0.3, -0.25) is 9.59 Å². The van der Waals surface area contributed by atoms with Crippen LogP contribution in [-0.2, 0) is 20.7 Å². The first-order valence-electron chi connectivity index (χ1n) is 15.0. The second-order valence-corrected chi connectivity index (χ2v) is 10.2. The van der Waals surface area contributed by atoms with Crippen LogP contribution in [0.4, 0.5) is 0 Å². The van der Waals surface area contributed by atoms with Crippen LogP contribution in [0.15, 0.2) is 24.3 Å². The maximum Gasteiger partial charge on any atom is 0.328 e. The van der Waals surface area contributed by atoms with E-state index in [9.17, 15) is 9.59 Å². The summed E-state index contributed by atoms with van der Waals surface area (Å²) in [5.74, 6) is -0.418. The van der Waals surface area contributed by atoms with E-state index >= 15 is 0 Å². The fraction of sp³-hybridized carbons (Fsp3) is 0.750.